The monoisotopic (exact) mass is 287 g/mol. The molecule has 1 unspecified atom stereocenters. The van der Waals surface area contributed by atoms with E-state index in [1.807, 2.05) is 0 Å². The lowest BCUT2D eigenvalue weighted by Gasteiger charge is -2.24. The molecule has 0 aliphatic heterocycles. The standard InChI is InChI=1S/C20H33N/c1-14-11-17(20(3,4)5)12-15(2)19(14)13-18(21-6)10-9-16-7-8-16/h11-12,16,18,21H,7-10,13H2,1-6H3. The third-order valence-corrected chi connectivity index (χ3v) is 5.04. The number of rotatable bonds is 6. The van der Waals surface area contributed by atoms with Crippen LogP contribution in [0, 0.1) is 19.8 Å². The number of hydrogen-bond donors (Lipinski definition) is 1. The van der Waals surface area contributed by atoms with Crippen LogP contribution in [-0.4, -0.2) is 13.1 Å². The van der Waals surface area contributed by atoms with Gasteiger partial charge in [0, 0.05) is 6.04 Å². The van der Waals surface area contributed by atoms with Crippen molar-refractivity contribution in [3.63, 3.8) is 0 Å². The second-order valence-electron chi connectivity index (χ2n) is 8.05. The zero-order valence-electron chi connectivity index (χ0n) is 14.8. The van der Waals surface area contributed by atoms with E-state index in [-0.39, 0.29) is 5.41 Å². The SMILES string of the molecule is CNC(CCC1CC1)Cc1c(C)cc(C(C)(C)C)cc1C. The van der Waals surface area contributed by atoms with Gasteiger partial charge in [-0.2, -0.15) is 0 Å². The Morgan fingerprint density at radius 3 is 2.14 bits per heavy atom. The summed E-state index contributed by atoms with van der Waals surface area (Å²) in [5.74, 6) is 1.03. The molecule has 0 spiro atoms. The third kappa shape index (κ3) is 4.57. The molecule has 1 N–H and O–H groups in total. The second kappa shape index (κ2) is 6.52. The molecule has 1 aromatic carbocycles. The van der Waals surface area contributed by atoms with Crippen molar-refractivity contribution >= 4 is 0 Å². The summed E-state index contributed by atoms with van der Waals surface area (Å²) < 4.78 is 0. The molecule has 0 saturated heterocycles. The highest BCUT2D eigenvalue weighted by atomic mass is 14.9. The van der Waals surface area contributed by atoms with Crippen molar-refractivity contribution in [3.05, 3.63) is 34.4 Å². The molecule has 0 bridgehead atoms. The first kappa shape index (κ1) is 16.5. The van der Waals surface area contributed by atoms with Crippen LogP contribution in [0.4, 0.5) is 0 Å². The van der Waals surface area contributed by atoms with Gasteiger partial charge in [0.1, 0.15) is 0 Å². The Morgan fingerprint density at radius 2 is 1.71 bits per heavy atom. The van der Waals surface area contributed by atoms with Crippen LogP contribution in [0.25, 0.3) is 0 Å². The summed E-state index contributed by atoms with van der Waals surface area (Å²) in [6.07, 6.45) is 6.83. The van der Waals surface area contributed by atoms with E-state index < -0.39 is 0 Å². The summed E-state index contributed by atoms with van der Waals surface area (Å²) in [6, 6.07) is 5.43. The minimum absolute atomic E-state index is 0.239. The van der Waals surface area contributed by atoms with E-state index in [1.54, 1.807) is 5.56 Å². The fourth-order valence-corrected chi connectivity index (χ4v) is 3.19. The van der Waals surface area contributed by atoms with Crippen LogP contribution in [0.1, 0.15) is 68.7 Å². The fourth-order valence-electron chi connectivity index (χ4n) is 3.19. The summed E-state index contributed by atoms with van der Waals surface area (Å²) in [5.41, 5.74) is 6.18. The lowest BCUT2D eigenvalue weighted by molar-refractivity contribution is 0.483. The van der Waals surface area contributed by atoms with E-state index in [0.717, 1.165) is 5.92 Å². The maximum absolute atomic E-state index is 3.53. The summed E-state index contributed by atoms with van der Waals surface area (Å²) in [5, 5.41) is 3.53. The molecule has 0 amide bonds. The Kier molecular flexibility index (Phi) is 5.14. The molecule has 1 aliphatic carbocycles. The topological polar surface area (TPSA) is 12.0 Å². The summed E-state index contributed by atoms with van der Waals surface area (Å²) in [6.45, 7) is 11.5. The maximum atomic E-state index is 3.53. The summed E-state index contributed by atoms with van der Waals surface area (Å²) in [7, 11) is 2.12. The Morgan fingerprint density at radius 1 is 1.14 bits per heavy atom. The van der Waals surface area contributed by atoms with Crippen molar-refractivity contribution in [3.8, 4) is 0 Å². The van der Waals surface area contributed by atoms with E-state index in [4.69, 9.17) is 0 Å². The molecule has 1 nitrogen and oxygen atoms in total. The lowest BCUT2D eigenvalue weighted by atomic mass is 9.82. The average molecular weight is 287 g/mol. The molecule has 1 heteroatoms. The van der Waals surface area contributed by atoms with Gasteiger partial charge in [-0.1, -0.05) is 45.7 Å². The first-order chi connectivity index (χ1) is 9.81. The van der Waals surface area contributed by atoms with Gasteiger partial charge in [-0.3, -0.25) is 0 Å². The highest BCUT2D eigenvalue weighted by Gasteiger charge is 2.23. The van der Waals surface area contributed by atoms with Gasteiger partial charge < -0.3 is 5.32 Å². The van der Waals surface area contributed by atoms with E-state index >= 15 is 0 Å². The maximum Gasteiger partial charge on any atom is 0.0105 e. The molecule has 1 fully saturated rings. The van der Waals surface area contributed by atoms with Gasteiger partial charge in [-0.15, -0.1) is 0 Å². The first-order valence-corrected chi connectivity index (χ1v) is 8.59. The predicted octanol–water partition coefficient (Wildman–Crippen LogP) is 4.92. The molecule has 2 rings (SSSR count). The smallest absolute Gasteiger partial charge is 0.0105 e. The molecule has 1 aromatic rings. The molecular formula is C20H33N. The molecule has 0 aromatic heterocycles. The highest BCUT2D eigenvalue weighted by Crippen LogP contribution is 2.34. The van der Waals surface area contributed by atoms with E-state index in [9.17, 15) is 0 Å². The van der Waals surface area contributed by atoms with Gasteiger partial charge in [0.15, 0.2) is 0 Å². The number of hydrogen-bond acceptors (Lipinski definition) is 1. The average Bonchev–Trinajstić information content (AvgIpc) is 3.20. The van der Waals surface area contributed by atoms with E-state index in [1.165, 1.54) is 48.8 Å². The predicted molar refractivity (Wildman–Crippen MR) is 93.1 cm³/mol. The molecule has 1 aliphatic rings. The van der Waals surface area contributed by atoms with Gasteiger partial charge in [-0.25, -0.2) is 0 Å². The van der Waals surface area contributed by atoms with Gasteiger partial charge in [0.25, 0.3) is 0 Å². The van der Waals surface area contributed by atoms with E-state index in [0.29, 0.717) is 6.04 Å². The quantitative estimate of drug-likeness (QED) is 0.783. The minimum Gasteiger partial charge on any atom is -0.317 e. The molecule has 0 heterocycles. The lowest BCUT2D eigenvalue weighted by Crippen LogP contribution is -2.28. The third-order valence-electron chi connectivity index (χ3n) is 5.04. The van der Waals surface area contributed by atoms with Crippen LogP contribution in [-0.2, 0) is 11.8 Å². The van der Waals surface area contributed by atoms with Crippen molar-refractivity contribution in [1.29, 1.82) is 0 Å². The number of aryl methyl sites for hydroxylation is 2. The van der Waals surface area contributed by atoms with Crippen molar-refractivity contribution in [2.75, 3.05) is 7.05 Å². The zero-order valence-corrected chi connectivity index (χ0v) is 14.8. The zero-order chi connectivity index (χ0) is 15.6. The van der Waals surface area contributed by atoms with Crippen LogP contribution >= 0.6 is 0 Å². The number of likely N-dealkylation sites (N-methyl/N-ethyl adjacent to an activating group) is 1. The molecule has 0 radical (unpaired) electrons. The van der Waals surface area contributed by atoms with Crippen LogP contribution < -0.4 is 5.32 Å². The van der Waals surface area contributed by atoms with Gasteiger partial charge in [0.05, 0.1) is 0 Å². The van der Waals surface area contributed by atoms with Crippen LogP contribution in [0.3, 0.4) is 0 Å². The van der Waals surface area contributed by atoms with Crippen molar-refractivity contribution in [1.82, 2.24) is 5.32 Å². The van der Waals surface area contributed by atoms with Crippen molar-refractivity contribution in [2.24, 2.45) is 5.92 Å². The summed E-state index contributed by atoms with van der Waals surface area (Å²) in [4.78, 5) is 0. The molecular weight excluding hydrogens is 254 g/mol. The van der Waals surface area contributed by atoms with Gasteiger partial charge in [-0.05, 0) is 73.7 Å². The number of benzene rings is 1. The molecule has 1 atom stereocenters. The van der Waals surface area contributed by atoms with Crippen LogP contribution in [0.15, 0.2) is 12.1 Å². The Balaban J connectivity index is 2.10. The summed E-state index contributed by atoms with van der Waals surface area (Å²) >= 11 is 0. The molecule has 118 valence electrons. The molecule has 1 saturated carbocycles. The van der Waals surface area contributed by atoms with Gasteiger partial charge in [0.2, 0.25) is 0 Å². The van der Waals surface area contributed by atoms with Crippen molar-refractivity contribution < 1.29 is 0 Å². The fraction of sp³-hybridized carbons (Fsp3) is 0.700. The van der Waals surface area contributed by atoms with Crippen LogP contribution in [0.5, 0.6) is 0 Å². The Labute approximate surface area is 131 Å². The highest BCUT2D eigenvalue weighted by molar-refractivity contribution is 5.41. The van der Waals surface area contributed by atoms with Crippen molar-refractivity contribution in [2.45, 2.75) is 78.2 Å². The minimum atomic E-state index is 0.239. The Hall–Kier alpha value is -0.820. The van der Waals surface area contributed by atoms with Gasteiger partial charge >= 0.3 is 0 Å². The van der Waals surface area contributed by atoms with E-state index in [2.05, 4.69) is 59.1 Å². The second-order valence-corrected chi connectivity index (χ2v) is 8.05. The first-order valence-electron chi connectivity index (χ1n) is 8.59. The Bertz CT molecular complexity index is 454. The van der Waals surface area contributed by atoms with Crippen LogP contribution in [0.2, 0.25) is 0 Å². The normalized spacial score (nSPS) is 17.0. The largest absolute Gasteiger partial charge is 0.317 e. The number of nitrogens with one attached hydrogen (secondary N) is 1. The molecule has 21 heavy (non-hydrogen) atoms.